The van der Waals surface area contributed by atoms with Crippen LogP contribution in [0.3, 0.4) is 0 Å². The SMILES string of the molecule is CCc1ccc([C@H]2Nc3ccccc3C(=O)N2c2ccc(C)c(C)c2)cc1. The number of nitrogens with one attached hydrogen (secondary N) is 1. The van der Waals surface area contributed by atoms with Gasteiger partial charge in [-0.2, -0.15) is 0 Å². The van der Waals surface area contributed by atoms with E-state index in [1.54, 1.807) is 0 Å². The number of aryl methyl sites for hydroxylation is 3. The number of carbonyl (C=O) groups excluding carboxylic acids is 1. The normalized spacial score (nSPS) is 16.0. The first kappa shape index (κ1) is 17.3. The van der Waals surface area contributed by atoms with Crippen LogP contribution in [-0.4, -0.2) is 5.91 Å². The monoisotopic (exact) mass is 356 g/mol. The van der Waals surface area contributed by atoms with Crippen LogP contribution in [0.2, 0.25) is 0 Å². The number of carbonyl (C=O) groups is 1. The van der Waals surface area contributed by atoms with Crippen LogP contribution in [0, 0.1) is 13.8 Å². The van der Waals surface area contributed by atoms with E-state index < -0.39 is 0 Å². The van der Waals surface area contributed by atoms with E-state index in [0.717, 1.165) is 23.4 Å². The third-order valence-corrected chi connectivity index (χ3v) is 5.40. The number of para-hydroxylation sites is 1. The van der Waals surface area contributed by atoms with Crippen LogP contribution < -0.4 is 10.2 Å². The Morgan fingerprint density at radius 3 is 2.37 bits per heavy atom. The lowest BCUT2D eigenvalue weighted by Gasteiger charge is -2.38. The van der Waals surface area contributed by atoms with E-state index in [4.69, 9.17) is 0 Å². The Kier molecular flexibility index (Phi) is 4.44. The summed E-state index contributed by atoms with van der Waals surface area (Å²) in [6, 6.07) is 22.4. The van der Waals surface area contributed by atoms with Gasteiger partial charge in [0.15, 0.2) is 0 Å². The highest BCUT2D eigenvalue weighted by Crippen LogP contribution is 2.37. The van der Waals surface area contributed by atoms with E-state index in [9.17, 15) is 4.79 Å². The van der Waals surface area contributed by atoms with Gasteiger partial charge in [-0.1, -0.05) is 49.4 Å². The zero-order valence-electron chi connectivity index (χ0n) is 16.0. The van der Waals surface area contributed by atoms with Crippen molar-refractivity contribution in [1.29, 1.82) is 0 Å². The van der Waals surface area contributed by atoms with Gasteiger partial charge in [-0.25, -0.2) is 0 Å². The van der Waals surface area contributed by atoms with Gasteiger partial charge in [0.2, 0.25) is 0 Å². The summed E-state index contributed by atoms with van der Waals surface area (Å²) < 4.78 is 0. The van der Waals surface area contributed by atoms with Gasteiger partial charge in [-0.3, -0.25) is 9.69 Å². The second kappa shape index (κ2) is 6.92. The molecule has 27 heavy (non-hydrogen) atoms. The maximum absolute atomic E-state index is 13.4. The molecule has 3 aromatic carbocycles. The number of hydrogen-bond acceptors (Lipinski definition) is 2. The molecule has 0 radical (unpaired) electrons. The molecule has 3 aromatic rings. The number of benzene rings is 3. The third kappa shape index (κ3) is 3.10. The van der Waals surface area contributed by atoms with Crippen LogP contribution in [0.5, 0.6) is 0 Å². The fraction of sp³-hybridized carbons (Fsp3) is 0.208. The molecule has 0 aromatic heterocycles. The molecule has 4 rings (SSSR count). The summed E-state index contributed by atoms with van der Waals surface area (Å²) >= 11 is 0. The van der Waals surface area contributed by atoms with Crippen molar-refractivity contribution in [2.24, 2.45) is 0 Å². The highest BCUT2D eigenvalue weighted by molar-refractivity contribution is 6.12. The van der Waals surface area contributed by atoms with Crippen molar-refractivity contribution in [3.8, 4) is 0 Å². The molecule has 0 saturated carbocycles. The molecule has 1 amide bonds. The Morgan fingerprint density at radius 2 is 1.67 bits per heavy atom. The molecule has 3 heteroatoms. The number of nitrogens with zero attached hydrogens (tertiary/aromatic N) is 1. The molecule has 0 spiro atoms. The molecule has 1 aliphatic heterocycles. The minimum atomic E-state index is -0.236. The number of anilines is 2. The van der Waals surface area contributed by atoms with Crippen molar-refractivity contribution < 1.29 is 4.79 Å². The zero-order valence-corrected chi connectivity index (χ0v) is 16.0. The Bertz CT molecular complexity index is 992. The summed E-state index contributed by atoms with van der Waals surface area (Å²) in [4.78, 5) is 15.3. The summed E-state index contributed by atoms with van der Waals surface area (Å²) in [7, 11) is 0. The first-order valence-corrected chi connectivity index (χ1v) is 9.43. The molecule has 0 unspecified atom stereocenters. The zero-order chi connectivity index (χ0) is 19.0. The summed E-state index contributed by atoms with van der Waals surface area (Å²) in [6.45, 7) is 6.32. The van der Waals surface area contributed by atoms with Gasteiger partial charge in [0, 0.05) is 11.4 Å². The van der Waals surface area contributed by atoms with E-state index in [1.165, 1.54) is 16.7 Å². The van der Waals surface area contributed by atoms with E-state index >= 15 is 0 Å². The predicted octanol–water partition coefficient (Wildman–Crippen LogP) is 5.64. The smallest absolute Gasteiger partial charge is 0.262 e. The fourth-order valence-corrected chi connectivity index (χ4v) is 3.56. The summed E-state index contributed by atoms with van der Waals surface area (Å²) in [5, 5.41) is 3.57. The van der Waals surface area contributed by atoms with E-state index in [0.29, 0.717) is 5.56 Å². The first-order chi connectivity index (χ1) is 13.1. The highest BCUT2D eigenvalue weighted by Gasteiger charge is 2.34. The topological polar surface area (TPSA) is 32.3 Å². The predicted molar refractivity (Wildman–Crippen MR) is 111 cm³/mol. The lowest BCUT2D eigenvalue weighted by Crippen LogP contribution is -2.43. The van der Waals surface area contributed by atoms with Gasteiger partial charge < -0.3 is 5.32 Å². The van der Waals surface area contributed by atoms with Crippen LogP contribution in [-0.2, 0) is 6.42 Å². The molecule has 1 N–H and O–H groups in total. The minimum Gasteiger partial charge on any atom is -0.360 e. The lowest BCUT2D eigenvalue weighted by molar-refractivity contribution is 0.0975. The molecule has 1 aliphatic rings. The standard InChI is InChI=1S/C24H24N2O/c1-4-18-10-12-19(13-11-18)23-25-22-8-6-5-7-21(22)24(27)26(23)20-14-9-16(2)17(3)15-20/h5-15,23,25H,4H2,1-3H3/t23-/m0/s1. The number of amides is 1. The van der Waals surface area contributed by atoms with Crippen molar-refractivity contribution in [2.45, 2.75) is 33.4 Å². The van der Waals surface area contributed by atoms with Crippen molar-refractivity contribution in [1.82, 2.24) is 0 Å². The van der Waals surface area contributed by atoms with Gasteiger partial charge in [0.25, 0.3) is 5.91 Å². The van der Waals surface area contributed by atoms with Gasteiger partial charge in [-0.15, -0.1) is 0 Å². The Balaban J connectivity index is 1.84. The second-order valence-corrected chi connectivity index (χ2v) is 7.13. The maximum Gasteiger partial charge on any atom is 0.262 e. The van der Waals surface area contributed by atoms with Gasteiger partial charge in [0.1, 0.15) is 6.17 Å². The Morgan fingerprint density at radius 1 is 0.926 bits per heavy atom. The van der Waals surface area contributed by atoms with Crippen LogP contribution in [0.25, 0.3) is 0 Å². The molecular formula is C24H24N2O. The average Bonchev–Trinajstić information content (AvgIpc) is 2.70. The van der Waals surface area contributed by atoms with Crippen molar-refractivity contribution in [3.63, 3.8) is 0 Å². The molecule has 0 aliphatic carbocycles. The van der Waals surface area contributed by atoms with Crippen LogP contribution in [0.15, 0.2) is 66.7 Å². The van der Waals surface area contributed by atoms with Crippen molar-refractivity contribution in [2.75, 3.05) is 10.2 Å². The summed E-state index contributed by atoms with van der Waals surface area (Å²) in [5.41, 5.74) is 7.27. The lowest BCUT2D eigenvalue weighted by atomic mass is 10.00. The molecule has 1 atom stereocenters. The van der Waals surface area contributed by atoms with Crippen molar-refractivity contribution >= 4 is 17.3 Å². The molecule has 3 nitrogen and oxygen atoms in total. The molecular weight excluding hydrogens is 332 g/mol. The summed E-state index contributed by atoms with van der Waals surface area (Å²) in [5.74, 6) is 0.0252. The van der Waals surface area contributed by atoms with E-state index in [1.807, 2.05) is 35.2 Å². The number of fused-ring (bicyclic) bond motifs is 1. The highest BCUT2D eigenvalue weighted by atomic mass is 16.2. The molecule has 0 bridgehead atoms. The second-order valence-electron chi connectivity index (χ2n) is 7.13. The third-order valence-electron chi connectivity index (χ3n) is 5.40. The number of rotatable bonds is 3. The largest absolute Gasteiger partial charge is 0.360 e. The van der Waals surface area contributed by atoms with E-state index in [2.05, 4.69) is 62.5 Å². The van der Waals surface area contributed by atoms with E-state index in [-0.39, 0.29) is 12.1 Å². The quantitative estimate of drug-likeness (QED) is 0.659. The molecule has 1 heterocycles. The molecule has 136 valence electrons. The maximum atomic E-state index is 13.4. The minimum absolute atomic E-state index is 0.0252. The fourth-order valence-electron chi connectivity index (χ4n) is 3.56. The van der Waals surface area contributed by atoms with Crippen LogP contribution in [0.1, 0.15) is 45.7 Å². The van der Waals surface area contributed by atoms with Gasteiger partial charge in [-0.05, 0) is 66.8 Å². The average molecular weight is 356 g/mol. The Labute approximate surface area is 160 Å². The molecule has 0 saturated heterocycles. The Hall–Kier alpha value is -3.07. The summed E-state index contributed by atoms with van der Waals surface area (Å²) in [6.07, 6.45) is 0.765. The number of hydrogen-bond donors (Lipinski definition) is 1. The van der Waals surface area contributed by atoms with Gasteiger partial charge in [0.05, 0.1) is 5.56 Å². The first-order valence-electron chi connectivity index (χ1n) is 9.43. The van der Waals surface area contributed by atoms with Crippen LogP contribution >= 0.6 is 0 Å². The van der Waals surface area contributed by atoms with Crippen molar-refractivity contribution in [3.05, 3.63) is 94.5 Å². The van der Waals surface area contributed by atoms with Gasteiger partial charge >= 0.3 is 0 Å². The van der Waals surface area contributed by atoms with Crippen LogP contribution in [0.4, 0.5) is 11.4 Å². The molecule has 0 fully saturated rings.